The number of hydrogen-bond acceptors (Lipinski definition) is 3. The highest BCUT2D eigenvalue weighted by Crippen LogP contribution is 2.07. The predicted octanol–water partition coefficient (Wildman–Crippen LogP) is 0.178. The summed E-state index contributed by atoms with van der Waals surface area (Å²) < 4.78 is 0. The van der Waals surface area contributed by atoms with Gasteiger partial charge >= 0.3 is 12.1 Å². The molecule has 1 amide bonds. The normalized spacial score (nSPS) is 12.1. The van der Waals surface area contributed by atoms with Crippen LogP contribution in [0.5, 0.6) is 0 Å². The van der Waals surface area contributed by atoms with Crippen molar-refractivity contribution in [2.75, 3.05) is 13.6 Å². The van der Waals surface area contributed by atoms with Crippen molar-refractivity contribution in [1.29, 1.82) is 0 Å². The molecule has 0 spiro atoms. The van der Waals surface area contributed by atoms with Crippen LogP contribution in [0.2, 0.25) is 0 Å². The molecule has 0 aromatic heterocycles. The molecule has 82 valence electrons. The minimum absolute atomic E-state index is 0.301. The second kappa shape index (κ2) is 6.20. The maximum absolute atomic E-state index is 10.7. The molecular formula is C8H16N2O4. The van der Waals surface area contributed by atoms with E-state index in [0.29, 0.717) is 25.8 Å². The van der Waals surface area contributed by atoms with E-state index in [0.717, 1.165) is 4.90 Å². The van der Waals surface area contributed by atoms with Crippen LogP contribution in [0.25, 0.3) is 0 Å². The van der Waals surface area contributed by atoms with Crippen molar-refractivity contribution in [3.05, 3.63) is 0 Å². The van der Waals surface area contributed by atoms with E-state index in [2.05, 4.69) is 0 Å². The van der Waals surface area contributed by atoms with Gasteiger partial charge < -0.3 is 15.9 Å². The quantitative estimate of drug-likeness (QED) is 0.535. The summed E-state index contributed by atoms with van der Waals surface area (Å²) in [7, 11) is 1.25. The largest absolute Gasteiger partial charge is 0.480 e. The minimum Gasteiger partial charge on any atom is -0.480 e. The fourth-order valence-electron chi connectivity index (χ4n) is 1.10. The number of unbranched alkanes of at least 4 members (excludes halogenated alkanes) is 1. The van der Waals surface area contributed by atoms with Gasteiger partial charge in [0.15, 0.2) is 0 Å². The van der Waals surface area contributed by atoms with Crippen LogP contribution in [0.4, 0.5) is 4.79 Å². The van der Waals surface area contributed by atoms with Gasteiger partial charge in [-0.05, 0) is 25.8 Å². The van der Waals surface area contributed by atoms with Crippen LogP contribution in [0, 0.1) is 0 Å². The zero-order chi connectivity index (χ0) is 11.1. The minimum atomic E-state index is -1.23. The van der Waals surface area contributed by atoms with Gasteiger partial charge in [-0.2, -0.15) is 0 Å². The summed E-state index contributed by atoms with van der Waals surface area (Å²) in [6.07, 6.45) is 0.391. The third-order valence-corrected chi connectivity index (χ3v) is 1.99. The number of likely N-dealkylation sites (N-methyl/N-ethyl adjacent to an activating group) is 1. The van der Waals surface area contributed by atoms with Crippen LogP contribution in [0.3, 0.4) is 0 Å². The molecule has 0 aromatic rings. The van der Waals surface area contributed by atoms with Gasteiger partial charge in [-0.3, -0.25) is 4.90 Å². The van der Waals surface area contributed by atoms with Crippen molar-refractivity contribution >= 4 is 12.1 Å². The Hall–Kier alpha value is -1.30. The van der Waals surface area contributed by atoms with Crippen LogP contribution in [0.1, 0.15) is 19.3 Å². The van der Waals surface area contributed by atoms with E-state index in [1.165, 1.54) is 7.05 Å². The van der Waals surface area contributed by atoms with Crippen molar-refractivity contribution in [2.24, 2.45) is 5.73 Å². The molecule has 6 heteroatoms. The third-order valence-electron chi connectivity index (χ3n) is 1.99. The molecule has 14 heavy (non-hydrogen) atoms. The van der Waals surface area contributed by atoms with Crippen LogP contribution < -0.4 is 5.73 Å². The lowest BCUT2D eigenvalue weighted by Gasteiger charge is -2.21. The standard InChI is InChI=1S/C8H16N2O4/c1-10(8(13)14)6(7(11)12)4-2-3-5-9/h6H,2-5,9H2,1H3,(H,11,12)(H,13,14)/t6-/m0/s1. The highest BCUT2D eigenvalue weighted by atomic mass is 16.4. The first-order valence-corrected chi connectivity index (χ1v) is 4.39. The Morgan fingerprint density at radius 3 is 2.29 bits per heavy atom. The van der Waals surface area contributed by atoms with Gasteiger partial charge in [-0.25, -0.2) is 9.59 Å². The summed E-state index contributed by atoms with van der Waals surface area (Å²) in [5, 5.41) is 17.4. The third kappa shape index (κ3) is 4.08. The number of aliphatic carboxylic acids is 1. The molecule has 6 nitrogen and oxygen atoms in total. The zero-order valence-corrected chi connectivity index (χ0v) is 8.14. The van der Waals surface area contributed by atoms with E-state index >= 15 is 0 Å². The molecule has 0 saturated heterocycles. The molecular weight excluding hydrogens is 188 g/mol. The first-order valence-electron chi connectivity index (χ1n) is 4.39. The molecule has 0 aromatic carbocycles. The van der Waals surface area contributed by atoms with Crippen molar-refractivity contribution in [3.63, 3.8) is 0 Å². The molecule has 0 bridgehead atoms. The lowest BCUT2D eigenvalue weighted by atomic mass is 10.1. The van der Waals surface area contributed by atoms with Gasteiger partial charge in [-0.15, -0.1) is 0 Å². The Bertz CT molecular complexity index is 208. The smallest absolute Gasteiger partial charge is 0.407 e. The van der Waals surface area contributed by atoms with Gasteiger partial charge in [0.2, 0.25) is 0 Å². The lowest BCUT2D eigenvalue weighted by molar-refractivity contribution is -0.142. The van der Waals surface area contributed by atoms with Crippen molar-refractivity contribution in [1.82, 2.24) is 4.90 Å². The summed E-state index contributed by atoms with van der Waals surface area (Å²) in [5.74, 6) is -1.12. The number of rotatable bonds is 6. The SMILES string of the molecule is CN(C(=O)O)[C@@H](CCCCN)C(=O)O. The molecule has 0 heterocycles. The zero-order valence-electron chi connectivity index (χ0n) is 8.14. The van der Waals surface area contributed by atoms with Gasteiger partial charge in [0.1, 0.15) is 6.04 Å². The van der Waals surface area contributed by atoms with E-state index in [1.807, 2.05) is 0 Å². The Morgan fingerprint density at radius 1 is 1.36 bits per heavy atom. The fraction of sp³-hybridized carbons (Fsp3) is 0.750. The highest BCUT2D eigenvalue weighted by molar-refractivity contribution is 5.78. The Labute approximate surface area is 82.3 Å². The Balaban J connectivity index is 4.15. The molecule has 0 aliphatic heterocycles. The fourth-order valence-corrected chi connectivity index (χ4v) is 1.10. The molecule has 0 radical (unpaired) electrons. The van der Waals surface area contributed by atoms with E-state index in [9.17, 15) is 9.59 Å². The summed E-state index contributed by atoms with van der Waals surface area (Å²) in [6, 6.07) is -0.973. The monoisotopic (exact) mass is 204 g/mol. The van der Waals surface area contributed by atoms with Gasteiger partial charge in [0, 0.05) is 7.05 Å². The molecule has 4 N–H and O–H groups in total. The number of carbonyl (C=O) groups is 2. The first-order chi connectivity index (χ1) is 6.50. The molecule has 0 saturated carbocycles. The number of nitrogens with two attached hydrogens (primary N) is 1. The number of hydrogen-bond donors (Lipinski definition) is 3. The summed E-state index contributed by atoms with van der Waals surface area (Å²) in [6.45, 7) is 0.489. The van der Waals surface area contributed by atoms with Crippen LogP contribution in [-0.4, -0.2) is 46.8 Å². The number of carboxylic acid groups (broad SMARTS) is 2. The van der Waals surface area contributed by atoms with Crippen molar-refractivity contribution in [2.45, 2.75) is 25.3 Å². The van der Waals surface area contributed by atoms with E-state index in [1.54, 1.807) is 0 Å². The lowest BCUT2D eigenvalue weighted by Crippen LogP contribution is -2.41. The van der Waals surface area contributed by atoms with Crippen LogP contribution >= 0.6 is 0 Å². The van der Waals surface area contributed by atoms with Crippen molar-refractivity contribution in [3.8, 4) is 0 Å². The summed E-state index contributed by atoms with van der Waals surface area (Å²) in [4.78, 5) is 22.0. The summed E-state index contributed by atoms with van der Waals surface area (Å²) in [5.41, 5.74) is 5.25. The average molecular weight is 204 g/mol. The second-order valence-corrected chi connectivity index (χ2v) is 3.03. The maximum Gasteiger partial charge on any atom is 0.407 e. The maximum atomic E-state index is 10.7. The molecule has 1 atom stereocenters. The second-order valence-electron chi connectivity index (χ2n) is 3.03. The number of nitrogens with zero attached hydrogens (tertiary/aromatic N) is 1. The molecule has 0 aliphatic rings. The average Bonchev–Trinajstić information content (AvgIpc) is 2.10. The predicted molar refractivity (Wildman–Crippen MR) is 50.1 cm³/mol. The number of carboxylic acids is 1. The molecule has 0 fully saturated rings. The topological polar surface area (TPSA) is 104 Å². The van der Waals surface area contributed by atoms with Crippen LogP contribution in [-0.2, 0) is 4.79 Å². The Kier molecular flexibility index (Phi) is 5.62. The highest BCUT2D eigenvalue weighted by Gasteiger charge is 2.25. The van der Waals surface area contributed by atoms with E-state index < -0.39 is 18.1 Å². The van der Waals surface area contributed by atoms with Gasteiger partial charge in [-0.1, -0.05) is 0 Å². The van der Waals surface area contributed by atoms with Crippen molar-refractivity contribution < 1.29 is 19.8 Å². The first kappa shape index (κ1) is 12.7. The molecule has 0 rings (SSSR count). The number of amides is 1. The molecule has 0 unspecified atom stereocenters. The Morgan fingerprint density at radius 2 is 1.93 bits per heavy atom. The van der Waals surface area contributed by atoms with E-state index in [4.69, 9.17) is 15.9 Å². The molecule has 0 aliphatic carbocycles. The summed E-state index contributed by atoms with van der Waals surface area (Å²) >= 11 is 0. The van der Waals surface area contributed by atoms with Gasteiger partial charge in [0.25, 0.3) is 0 Å². The van der Waals surface area contributed by atoms with Crippen LogP contribution in [0.15, 0.2) is 0 Å². The van der Waals surface area contributed by atoms with E-state index in [-0.39, 0.29) is 0 Å². The van der Waals surface area contributed by atoms with Gasteiger partial charge in [0.05, 0.1) is 0 Å².